The highest BCUT2D eigenvalue weighted by Crippen LogP contribution is 2.31. The van der Waals surface area contributed by atoms with E-state index in [1.165, 1.54) is 30.2 Å². The van der Waals surface area contributed by atoms with E-state index in [-0.39, 0.29) is 24.1 Å². The standard InChI is InChI=1S/C40H44N2O5/c1-28-36(46-2)25-33(26-37(28)47-3)38(43)40(45)42-27-32-21-11-10-20-31(32)24-35(42)39(44)41-34(22-12-18-29-14-6-4-7-15-29)23-13-19-30-16-8-5-9-17-30/h4-11,14-17,20-21,25-26,34-35H,12-13,18-19,22-24,27H2,1-3H3,(H,41,44)/t35-/m0/s1. The molecule has 244 valence electrons. The first-order chi connectivity index (χ1) is 22.9. The average molecular weight is 633 g/mol. The Balaban J connectivity index is 1.35. The van der Waals surface area contributed by atoms with E-state index < -0.39 is 17.7 Å². The van der Waals surface area contributed by atoms with Crippen molar-refractivity contribution in [1.29, 1.82) is 0 Å². The van der Waals surface area contributed by atoms with E-state index in [1.807, 2.05) is 67.6 Å². The van der Waals surface area contributed by atoms with Crippen LogP contribution in [0, 0.1) is 6.92 Å². The van der Waals surface area contributed by atoms with Crippen LogP contribution in [0.1, 0.15) is 63.9 Å². The Hall–Kier alpha value is -4.91. The van der Waals surface area contributed by atoms with Gasteiger partial charge in [0.05, 0.1) is 14.2 Å². The molecule has 0 fully saturated rings. The van der Waals surface area contributed by atoms with Crippen molar-refractivity contribution >= 4 is 17.6 Å². The van der Waals surface area contributed by atoms with Gasteiger partial charge in [0.15, 0.2) is 0 Å². The molecule has 4 aromatic rings. The molecule has 1 aliphatic heterocycles. The van der Waals surface area contributed by atoms with Gasteiger partial charge >= 0.3 is 0 Å². The molecule has 47 heavy (non-hydrogen) atoms. The Morgan fingerprint density at radius 3 is 1.81 bits per heavy atom. The van der Waals surface area contributed by atoms with Crippen molar-refractivity contribution in [2.75, 3.05) is 14.2 Å². The molecule has 0 spiro atoms. The fraction of sp³-hybridized carbons (Fsp3) is 0.325. The van der Waals surface area contributed by atoms with Crippen molar-refractivity contribution in [2.45, 2.75) is 70.5 Å². The first-order valence-corrected chi connectivity index (χ1v) is 16.4. The zero-order chi connectivity index (χ0) is 33.2. The van der Waals surface area contributed by atoms with Crippen LogP contribution in [0.5, 0.6) is 11.5 Å². The van der Waals surface area contributed by atoms with Gasteiger partial charge in [-0.05, 0) is 79.8 Å². The molecule has 7 heteroatoms. The Bertz CT molecular complexity index is 1600. The van der Waals surface area contributed by atoms with E-state index in [0.717, 1.165) is 55.2 Å². The predicted octanol–water partition coefficient (Wildman–Crippen LogP) is 6.68. The molecular formula is C40H44N2O5. The number of benzene rings is 4. The van der Waals surface area contributed by atoms with Gasteiger partial charge in [0, 0.05) is 30.1 Å². The largest absolute Gasteiger partial charge is 0.496 e. The molecule has 1 N–H and O–H groups in total. The number of amides is 2. The Labute approximate surface area is 277 Å². The van der Waals surface area contributed by atoms with Gasteiger partial charge in [0.1, 0.15) is 17.5 Å². The average Bonchev–Trinajstić information content (AvgIpc) is 3.11. The SMILES string of the molecule is COc1cc(C(=O)C(=O)N2Cc3ccccc3C[C@H]2C(=O)NC(CCCc2ccccc2)CCCc2ccccc2)cc(OC)c1C. The molecule has 0 saturated heterocycles. The number of ketones is 1. The summed E-state index contributed by atoms with van der Waals surface area (Å²) in [4.78, 5) is 43.3. The summed E-state index contributed by atoms with van der Waals surface area (Å²) in [7, 11) is 3.02. The topological polar surface area (TPSA) is 84.9 Å². The number of methoxy groups -OCH3 is 2. The van der Waals surface area contributed by atoms with Crippen LogP contribution in [-0.4, -0.2) is 48.8 Å². The Kier molecular flexibility index (Phi) is 11.4. The van der Waals surface area contributed by atoms with Crippen molar-refractivity contribution in [1.82, 2.24) is 10.2 Å². The minimum Gasteiger partial charge on any atom is -0.496 e. The van der Waals surface area contributed by atoms with Crippen molar-refractivity contribution in [3.63, 3.8) is 0 Å². The number of nitrogens with one attached hydrogen (secondary N) is 1. The molecule has 2 amide bonds. The van der Waals surface area contributed by atoms with Crippen molar-refractivity contribution in [2.24, 2.45) is 0 Å². The molecule has 1 heterocycles. The normalized spacial score (nSPS) is 14.0. The van der Waals surface area contributed by atoms with E-state index in [4.69, 9.17) is 9.47 Å². The third-order valence-corrected chi connectivity index (χ3v) is 9.09. The van der Waals surface area contributed by atoms with Gasteiger partial charge < -0.3 is 19.7 Å². The van der Waals surface area contributed by atoms with Gasteiger partial charge in [-0.15, -0.1) is 0 Å². The van der Waals surface area contributed by atoms with Crippen molar-refractivity contribution in [3.8, 4) is 11.5 Å². The van der Waals surface area contributed by atoms with E-state index in [1.54, 1.807) is 12.1 Å². The quantitative estimate of drug-likeness (QED) is 0.124. The summed E-state index contributed by atoms with van der Waals surface area (Å²) >= 11 is 0. The molecule has 5 rings (SSSR count). The van der Waals surface area contributed by atoms with Crippen LogP contribution in [0.4, 0.5) is 0 Å². The van der Waals surface area contributed by atoms with E-state index in [0.29, 0.717) is 17.9 Å². The number of hydrogen-bond donors (Lipinski definition) is 1. The fourth-order valence-corrected chi connectivity index (χ4v) is 6.42. The number of ether oxygens (including phenoxy) is 2. The third kappa shape index (κ3) is 8.47. The molecule has 4 aromatic carbocycles. The van der Waals surface area contributed by atoms with Gasteiger partial charge in [0.2, 0.25) is 5.91 Å². The van der Waals surface area contributed by atoms with Gasteiger partial charge in [-0.2, -0.15) is 0 Å². The second-order valence-electron chi connectivity index (χ2n) is 12.2. The van der Waals surface area contributed by atoms with Crippen LogP contribution in [0.15, 0.2) is 97.1 Å². The van der Waals surface area contributed by atoms with Gasteiger partial charge in [-0.25, -0.2) is 0 Å². The number of Topliss-reactive ketones (excluding diaryl/α,β-unsaturated/α-hetero) is 1. The molecule has 0 aromatic heterocycles. The predicted molar refractivity (Wildman–Crippen MR) is 184 cm³/mol. The van der Waals surface area contributed by atoms with E-state index in [2.05, 4.69) is 29.6 Å². The maximum absolute atomic E-state index is 14.1. The van der Waals surface area contributed by atoms with Gasteiger partial charge in [-0.1, -0.05) is 84.9 Å². The highest BCUT2D eigenvalue weighted by atomic mass is 16.5. The lowest BCUT2D eigenvalue weighted by Gasteiger charge is -2.36. The summed E-state index contributed by atoms with van der Waals surface area (Å²) in [5.41, 5.74) is 5.36. The molecule has 0 bridgehead atoms. The van der Waals surface area contributed by atoms with Crippen LogP contribution in [0.2, 0.25) is 0 Å². The first kappa shape index (κ1) is 33.5. The number of aryl methyl sites for hydroxylation is 2. The number of nitrogens with zero attached hydrogens (tertiary/aromatic N) is 1. The smallest absolute Gasteiger partial charge is 0.295 e. The minimum absolute atomic E-state index is 0.0645. The second kappa shape index (κ2) is 16.1. The lowest BCUT2D eigenvalue weighted by molar-refractivity contribution is -0.138. The highest BCUT2D eigenvalue weighted by molar-refractivity contribution is 6.43. The van der Waals surface area contributed by atoms with Crippen molar-refractivity contribution < 1.29 is 23.9 Å². The van der Waals surface area contributed by atoms with Crippen LogP contribution in [0.3, 0.4) is 0 Å². The fourth-order valence-electron chi connectivity index (χ4n) is 6.42. The van der Waals surface area contributed by atoms with Crippen LogP contribution in [0.25, 0.3) is 0 Å². The number of carbonyl (C=O) groups excluding carboxylic acids is 3. The third-order valence-electron chi connectivity index (χ3n) is 9.09. The number of hydrogen-bond acceptors (Lipinski definition) is 5. The molecule has 7 nitrogen and oxygen atoms in total. The summed E-state index contributed by atoms with van der Waals surface area (Å²) in [6.07, 6.45) is 5.65. The summed E-state index contributed by atoms with van der Waals surface area (Å²) in [5, 5.41) is 3.31. The highest BCUT2D eigenvalue weighted by Gasteiger charge is 2.38. The zero-order valence-corrected chi connectivity index (χ0v) is 27.5. The lowest BCUT2D eigenvalue weighted by atomic mass is 9.92. The van der Waals surface area contributed by atoms with Crippen molar-refractivity contribution in [3.05, 3.63) is 130 Å². The number of carbonyl (C=O) groups is 3. The molecule has 0 aliphatic carbocycles. The van der Waals surface area contributed by atoms with E-state index >= 15 is 0 Å². The Morgan fingerprint density at radius 1 is 0.766 bits per heavy atom. The van der Waals surface area contributed by atoms with Crippen LogP contribution < -0.4 is 14.8 Å². The second-order valence-corrected chi connectivity index (χ2v) is 12.2. The molecule has 1 aliphatic rings. The van der Waals surface area contributed by atoms with E-state index in [9.17, 15) is 14.4 Å². The summed E-state index contributed by atoms with van der Waals surface area (Å²) in [5.74, 6) is -0.761. The van der Waals surface area contributed by atoms with Crippen LogP contribution >= 0.6 is 0 Å². The monoisotopic (exact) mass is 632 g/mol. The first-order valence-electron chi connectivity index (χ1n) is 16.4. The molecule has 0 radical (unpaired) electrons. The lowest BCUT2D eigenvalue weighted by Crippen LogP contribution is -2.55. The minimum atomic E-state index is -0.818. The van der Waals surface area contributed by atoms with Gasteiger partial charge in [-0.3, -0.25) is 14.4 Å². The molecule has 1 atom stereocenters. The zero-order valence-electron chi connectivity index (χ0n) is 27.5. The number of fused-ring (bicyclic) bond motifs is 1. The molecular weight excluding hydrogens is 588 g/mol. The molecule has 0 unspecified atom stereocenters. The maximum Gasteiger partial charge on any atom is 0.295 e. The molecule has 0 saturated carbocycles. The maximum atomic E-state index is 14.1. The van der Waals surface area contributed by atoms with Gasteiger partial charge in [0.25, 0.3) is 11.7 Å². The summed E-state index contributed by atoms with van der Waals surface area (Å²) < 4.78 is 10.9. The summed E-state index contributed by atoms with van der Waals surface area (Å²) in [6, 6.07) is 30.7. The van der Waals surface area contributed by atoms with Crippen LogP contribution in [-0.2, 0) is 35.4 Å². The number of rotatable bonds is 14. The Morgan fingerprint density at radius 2 is 1.28 bits per heavy atom. The summed E-state index contributed by atoms with van der Waals surface area (Å²) in [6.45, 7) is 2.00.